The smallest absolute Gasteiger partial charge is 0.0659 e. The molecule has 0 radical (unpaired) electrons. The van der Waals surface area contributed by atoms with Crippen molar-refractivity contribution < 1.29 is 0 Å². The molecule has 0 amide bonds. The summed E-state index contributed by atoms with van der Waals surface area (Å²) in [5, 5.41) is 14.4. The highest BCUT2D eigenvalue weighted by Gasteiger charge is 2.13. The van der Waals surface area contributed by atoms with Gasteiger partial charge in [0.2, 0.25) is 0 Å². The molecule has 0 bridgehead atoms. The van der Waals surface area contributed by atoms with Gasteiger partial charge in [-0.2, -0.15) is 5.10 Å². The Balaban J connectivity index is 1.23. The molecule has 0 saturated carbocycles. The third kappa shape index (κ3) is 4.71. The number of rotatable bonds is 6. The van der Waals surface area contributed by atoms with Gasteiger partial charge in [-0.15, -0.1) is 0 Å². The average molecular weight is 552 g/mol. The van der Waals surface area contributed by atoms with Crippen molar-refractivity contribution in [1.29, 1.82) is 0 Å². The Bertz CT molecular complexity index is 2200. The molecule has 1 aromatic heterocycles. The van der Waals surface area contributed by atoms with Crippen molar-refractivity contribution in [3.63, 3.8) is 0 Å². The van der Waals surface area contributed by atoms with Crippen molar-refractivity contribution in [3.05, 3.63) is 169 Å². The standard InChI is InChI=1S/C40H29N3/c1-2-10-29(11-3-1)28-42-39-17-9-8-16-37(39)38-24-30(18-23-40(38)42)27-41-43(35-21-19-31-12-4-6-14-33(31)25-35)36-22-20-32-13-5-7-15-34(32)26-36/h1-27H,28H2. The molecule has 0 aliphatic rings. The minimum atomic E-state index is 0.829. The molecule has 0 fully saturated rings. The molecule has 0 unspecified atom stereocenters. The van der Waals surface area contributed by atoms with Crippen LogP contribution in [0.2, 0.25) is 0 Å². The van der Waals surface area contributed by atoms with Crippen LogP contribution in [-0.2, 0) is 6.54 Å². The van der Waals surface area contributed by atoms with Crippen LogP contribution in [0.25, 0.3) is 43.4 Å². The third-order valence-corrected chi connectivity index (χ3v) is 8.26. The lowest BCUT2D eigenvalue weighted by Gasteiger charge is -2.20. The van der Waals surface area contributed by atoms with E-state index in [1.165, 1.54) is 48.9 Å². The van der Waals surface area contributed by atoms with Crippen molar-refractivity contribution in [3.8, 4) is 0 Å². The molecule has 204 valence electrons. The zero-order valence-corrected chi connectivity index (χ0v) is 23.6. The molecule has 43 heavy (non-hydrogen) atoms. The summed E-state index contributed by atoms with van der Waals surface area (Å²) in [6.07, 6.45) is 1.98. The van der Waals surface area contributed by atoms with E-state index in [1.807, 2.05) is 11.2 Å². The first kappa shape index (κ1) is 25.1. The van der Waals surface area contributed by atoms with E-state index in [2.05, 4.69) is 162 Å². The number of anilines is 2. The second-order valence-corrected chi connectivity index (χ2v) is 11.0. The van der Waals surface area contributed by atoms with Crippen LogP contribution < -0.4 is 5.01 Å². The van der Waals surface area contributed by atoms with Gasteiger partial charge < -0.3 is 4.57 Å². The minimum absolute atomic E-state index is 0.829. The van der Waals surface area contributed by atoms with E-state index in [9.17, 15) is 0 Å². The summed E-state index contributed by atoms with van der Waals surface area (Å²) >= 11 is 0. The highest BCUT2D eigenvalue weighted by Crippen LogP contribution is 2.33. The number of aromatic nitrogens is 1. The lowest BCUT2D eigenvalue weighted by Crippen LogP contribution is -2.09. The number of nitrogens with zero attached hydrogens (tertiary/aromatic N) is 3. The van der Waals surface area contributed by atoms with E-state index in [1.54, 1.807) is 0 Å². The maximum atomic E-state index is 5.11. The molecular weight excluding hydrogens is 522 g/mol. The number of para-hydroxylation sites is 1. The van der Waals surface area contributed by atoms with Crippen molar-refractivity contribution in [2.24, 2.45) is 5.10 Å². The predicted octanol–water partition coefficient (Wildman–Crippen LogP) is 10.3. The predicted molar refractivity (Wildman–Crippen MR) is 183 cm³/mol. The Hall–Kier alpha value is -5.67. The molecule has 0 saturated heterocycles. The van der Waals surface area contributed by atoms with Crippen LogP contribution in [-0.4, -0.2) is 10.8 Å². The fourth-order valence-electron chi connectivity index (χ4n) is 6.11. The van der Waals surface area contributed by atoms with Gasteiger partial charge in [0.05, 0.1) is 17.6 Å². The number of fused-ring (bicyclic) bond motifs is 5. The molecule has 8 rings (SSSR count). The lowest BCUT2D eigenvalue weighted by molar-refractivity contribution is 0.869. The second kappa shape index (κ2) is 10.6. The molecule has 7 aromatic carbocycles. The zero-order valence-electron chi connectivity index (χ0n) is 23.6. The van der Waals surface area contributed by atoms with Gasteiger partial charge in [-0.1, -0.05) is 115 Å². The molecule has 0 aliphatic carbocycles. The summed E-state index contributed by atoms with van der Waals surface area (Å²) in [6, 6.07) is 56.0. The van der Waals surface area contributed by atoms with Crippen LogP contribution in [0, 0.1) is 0 Å². The Morgan fingerprint density at radius 1 is 0.488 bits per heavy atom. The van der Waals surface area contributed by atoms with Gasteiger partial charge in [0.25, 0.3) is 0 Å². The van der Waals surface area contributed by atoms with Crippen LogP contribution in [0.15, 0.2) is 163 Å². The Morgan fingerprint density at radius 3 is 1.77 bits per heavy atom. The van der Waals surface area contributed by atoms with Gasteiger partial charge in [0.1, 0.15) is 0 Å². The van der Waals surface area contributed by atoms with Crippen LogP contribution in [0.3, 0.4) is 0 Å². The highest BCUT2D eigenvalue weighted by atomic mass is 15.5. The van der Waals surface area contributed by atoms with E-state index < -0.39 is 0 Å². The first-order valence-corrected chi connectivity index (χ1v) is 14.7. The van der Waals surface area contributed by atoms with Gasteiger partial charge in [-0.05, 0) is 75.1 Å². The normalized spacial score (nSPS) is 11.7. The van der Waals surface area contributed by atoms with Gasteiger partial charge in [0, 0.05) is 28.4 Å². The summed E-state index contributed by atoms with van der Waals surface area (Å²) in [5.74, 6) is 0. The van der Waals surface area contributed by atoms with Gasteiger partial charge in [-0.3, -0.25) is 0 Å². The van der Waals surface area contributed by atoms with Crippen LogP contribution in [0.4, 0.5) is 11.4 Å². The van der Waals surface area contributed by atoms with Gasteiger partial charge in [-0.25, -0.2) is 5.01 Å². The number of benzene rings is 7. The molecule has 0 N–H and O–H groups in total. The van der Waals surface area contributed by atoms with Gasteiger partial charge >= 0.3 is 0 Å². The zero-order chi connectivity index (χ0) is 28.6. The number of hydrogen-bond donors (Lipinski definition) is 0. The minimum Gasteiger partial charge on any atom is -0.336 e. The highest BCUT2D eigenvalue weighted by molar-refractivity contribution is 6.09. The fraction of sp³-hybridized carbons (Fsp3) is 0.0250. The summed E-state index contributed by atoms with van der Waals surface area (Å²) in [4.78, 5) is 0. The van der Waals surface area contributed by atoms with E-state index in [-0.39, 0.29) is 0 Å². The topological polar surface area (TPSA) is 20.5 Å². The summed E-state index contributed by atoms with van der Waals surface area (Å²) in [6.45, 7) is 0.829. The summed E-state index contributed by atoms with van der Waals surface area (Å²) < 4.78 is 2.41. The maximum Gasteiger partial charge on any atom is 0.0659 e. The van der Waals surface area contributed by atoms with E-state index in [4.69, 9.17) is 5.10 Å². The van der Waals surface area contributed by atoms with Crippen LogP contribution in [0.5, 0.6) is 0 Å². The van der Waals surface area contributed by atoms with Crippen molar-refractivity contribution in [1.82, 2.24) is 4.57 Å². The van der Waals surface area contributed by atoms with Crippen LogP contribution >= 0.6 is 0 Å². The lowest BCUT2D eigenvalue weighted by atomic mass is 10.1. The quantitative estimate of drug-likeness (QED) is 0.149. The summed E-state index contributed by atoms with van der Waals surface area (Å²) in [5.41, 5.74) is 6.85. The summed E-state index contributed by atoms with van der Waals surface area (Å²) in [7, 11) is 0. The Kier molecular flexibility index (Phi) is 6.20. The first-order valence-electron chi connectivity index (χ1n) is 14.7. The second-order valence-electron chi connectivity index (χ2n) is 11.0. The largest absolute Gasteiger partial charge is 0.336 e. The first-order chi connectivity index (χ1) is 21.3. The van der Waals surface area contributed by atoms with Gasteiger partial charge in [0.15, 0.2) is 0 Å². The molecule has 0 aliphatic heterocycles. The third-order valence-electron chi connectivity index (χ3n) is 8.26. The molecule has 0 atom stereocenters. The molecule has 3 heteroatoms. The molecule has 8 aromatic rings. The molecule has 0 spiro atoms. The van der Waals surface area contributed by atoms with Crippen molar-refractivity contribution >= 4 is 60.9 Å². The van der Waals surface area contributed by atoms with Crippen molar-refractivity contribution in [2.75, 3.05) is 5.01 Å². The Labute approximate surface area is 250 Å². The Morgan fingerprint density at radius 2 is 1.07 bits per heavy atom. The molecular formula is C40H29N3. The van der Waals surface area contributed by atoms with Crippen molar-refractivity contribution in [2.45, 2.75) is 6.54 Å². The number of hydrazone groups is 1. The van der Waals surface area contributed by atoms with E-state index >= 15 is 0 Å². The SMILES string of the molecule is C(=NN(c1ccc2ccccc2c1)c1ccc2ccccc2c1)c1ccc2c(c1)c1ccccc1n2Cc1ccccc1. The average Bonchev–Trinajstić information content (AvgIpc) is 3.37. The number of hydrogen-bond acceptors (Lipinski definition) is 2. The molecule has 1 heterocycles. The molecule has 3 nitrogen and oxygen atoms in total. The van der Waals surface area contributed by atoms with Crippen LogP contribution in [0.1, 0.15) is 11.1 Å². The fourth-order valence-corrected chi connectivity index (χ4v) is 6.11. The monoisotopic (exact) mass is 551 g/mol. The van der Waals surface area contributed by atoms with E-state index in [0.717, 1.165) is 23.5 Å². The van der Waals surface area contributed by atoms with E-state index in [0.29, 0.717) is 0 Å². The maximum absolute atomic E-state index is 5.11.